The fourth-order valence-corrected chi connectivity index (χ4v) is 2.86. The first-order chi connectivity index (χ1) is 11.7. The predicted octanol–water partition coefficient (Wildman–Crippen LogP) is 2.98. The van der Waals surface area contributed by atoms with Gasteiger partial charge in [-0.3, -0.25) is 4.79 Å². The van der Waals surface area contributed by atoms with Gasteiger partial charge in [0.25, 0.3) is 0 Å². The van der Waals surface area contributed by atoms with Crippen molar-refractivity contribution in [3.8, 4) is 11.6 Å². The van der Waals surface area contributed by atoms with Crippen LogP contribution in [0.15, 0.2) is 41.0 Å². The smallest absolute Gasteiger partial charge is 0.244 e. The molecule has 9 heteroatoms. The molecule has 1 aliphatic heterocycles. The average Bonchev–Trinajstić information content (AvgIpc) is 3.24. The maximum absolute atomic E-state index is 12.4. The zero-order valence-corrected chi connectivity index (χ0v) is 15.7. The summed E-state index contributed by atoms with van der Waals surface area (Å²) < 4.78 is 10.9. The molecule has 3 aromatic rings. The molecule has 3 N–H and O–H groups in total. The molecule has 0 saturated carbocycles. The zero-order chi connectivity index (χ0) is 16.5. The number of furan rings is 1. The van der Waals surface area contributed by atoms with E-state index in [-0.39, 0.29) is 42.9 Å². The van der Waals surface area contributed by atoms with Crippen molar-refractivity contribution in [3.63, 3.8) is 0 Å². The lowest BCUT2D eigenvalue weighted by molar-refractivity contribution is -0.123. The third kappa shape index (κ3) is 4.02. The Bertz CT molecular complexity index is 866. The van der Waals surface area contributed by atoms with E-state index in [1.807, 2.05) is 37.3 Å². The van der Waals surface area contributed by atoms with Gasteiger partial charge in [0.15, 0.2) is 11.6 Å². The fourth-order valence-electron chi connectivity index (χ4n) is 2.86. The molecule has 0 bridgehead atoms. The molecule has 0 spiro atoms. The second-order valence-corrected chi connectivity index (χ2v) is 5.79. The van der Waals surface area contributed by atoms with Crippen LogP contribution < -0.4 is 10.6 Å². The van der Waals surface area contributed by atoms with Gasteiger partial charge in [0, 0.05) is 12.2 Å². The number of nitrogens with one attached hydrogen (secondary N) is 3. The molecule has 1 aromatic carbocycles. The largest absolute Gasteiger partial charge is 0.461 e. The number of hydrogen-bond donors (Lipinski definition) is 3. The van der Waals surface area contributed by atoms with Crippen LogP contribution in [0.4, 0.5) is 5.69 Å². The first kappa shape index (κ1) is 20.3. The van der Waals surface area contributed by atoms with Crippen LogP contribution in [-0.2, 0) is 9.53 Å². The van der Waals surface area contributed by atoms with E-state index < -0.39 is 0 Å². The maximum atomic E-state index is 12.4. The maximum Gasteiger partial charge on any atom is 0.244 e. The van der Waals surface area contributed by atoms with Gasteiger partial charge in [-0.1, -0.05) is 0 Å². The minimum atomic E-state index is -0.352. The monoisotopic (exact) mass is 398 g/mol. The van der Waals surface area contributed by atoms with Crippen LogP contribution in [0.3, 0.4) is 0 Å². The van der Waals surface area contributed by atoms with Gasteiger partial charge in [-0.05, 0) is 37.3 Å². The molecule has 1 saturated heterocycles. The van der Waals surface area contributed by atoms with E-state index in [4.69, 9.17) is 9.15 Å². The number of imidazole rings is 1. The van der Waals surface area contributed by atoms with Gasteiger partial charge < -0.3 is 24.8 Å². The molecule has 0 aliphatic carbocycles. The first-order valence-corrected chi connectivity index (χ1v) is 7.90. The van der Waals surface area contributed by atoms with Crippen LogP contribution >= 0.6 is 24.8 Å². The molecule has 1 amide bonds. The molecule has 3 heterocycles. The molecule has 140 valence electrons. The molecule has 1 aliphatic rings. The lowest BCUT2D eigenvalue weighted by Crippen LogP contribution is -2.53. The molecule has 1 fully saturated rings. The summed E-state index contributed by atoms with van der Waals surface area (Å²) in [6.45, 7) is 3.19. The summed E-state index contributed by atoms with van der Waals surface area (Å²) in [7, 11) is 0. The van der Waals surface area contributed by atoms with Crippen molar-refractivity contribution < 1.29 is 13.9 Å². The van der Waals surface area contributed by atoms with E-state index in [1.54, 1.807) is 6.26 Å². The Kier molecular flexibility index (Phi) is 6.66. The minimum Gasteiger partial charge on any atom is -0.461 e. The van der Waals surface area contributed by atoms with E-state index in [0.717, 1.165) is 11.0 Å². The Morgan fingerprint density at radius 2 is 2.15 bits per heavy atom. The van der Waals surface area contributed by atoms with Gasteiger partial charge in [-0.15, -0.1) is 24.8 Å². The van der Waals surface area contributed by atoms with Gasteiger partial charge in [0.05, 0.1) is 30.0 Å². The summed E-state index contributed by atoms with van der Waals surface area (Å²) in [6, 6.07) is 8.87. The number of carbonyl (C=O) groups excluding carboxylic acids is 1. The first-order valence-electron chi connectivity index (χ1n) is 7.90. The normalized spacial score (nSPS) is 19.4. The molecule has 26 heavy (non-hydrogen) atoms. The molecule has 0 radical (unpaired) electrons. The number of fused-ring (bicyclic) bond motifs is 1. The SMILES string of the molecule is C[C@H]1OCCN[C@@H]1C(=O)Nc1ccc2nc(-c3ccco3)[nH]c2c1.Cl.Cl. The quantitative estimate of drug-likeness (QED) is 0.630. The third-order valence-electron chi connectivity index (χ3n) is 4.10. The lowest BCUT2D eigenvalue weighted by atomic mass is 10.1. The second kappa shape index (κ2) is 8.55. The zero-order valence-electron chi connectivity index (χ0n) is 14.0. The van der Waals surface area contributed by atoms with E-state index in [9.17, 15) is 4.79 Å². The number of hydrogen-bond acceptors (Lipinski definition) is 5. The summed E-state index contributed by atoms with van der Waals surface area (Å²) in [5, 5.41) is 6.10. The second-order valence-electron chi connectivity index (χ2n) is 5.79. The van der Waals surface area contributed by atoms with E-state index in [2.05, 4.69) is 20.6 Å². The van der Waals surface area contributed by atoms with Crippen molar-refractivity contribution in [2.24, 2.45) is 0 Å². The minimum absolute atomic E-state index is 0. The number of amides is 1. The molecule has 4 rings (SSSR count). The van der Waals surface area contributed by atoms with E-state index >= 15 is 0 Å². The number of aromatic amines is 1. The van der Waals surface area contributed by atoms with Crippen LogP contribution in [0.5, 0.6) is 0 Å². The van der Waals surface area contributed by atoms with Crippen molar-refractivity contribution in [1.29, 1.82) is 0 Å². The number of morpholine rings is 1. The van der Waals surface area contributed by atoms with E-state index in [0.29, 0.717) is 30.4 Å². The van der Waals surface area contributed by atoms with Gasteiger partial charge in [0.2, 0.25) is 5.91 Å². The number of anilines is 1. The van der Waals surface area contributed by atoms with Crippen molar-refractivity contribution in [3.05, 3.63) is 36.6 Å². The van der Waals surface area contributed by atoms with Gasteiger partial charge in [-0.2, -0.15) is 0 Å². The summed E-state index contributed by atoms with van der Waals surface area (Å²) >= 11 is 0. The number of H-pyrrole nitrogens is 1. The Morgan fingerprint density at radius 1 is 1.31 bits per heavy atom. The summed E-state index contributed by atoms with van der Waals surface area (Å²) in [5.41, 5.74) is 2.36. The number of nitrogens with zero attached hydrogens (tertiary/aromatic N) is 1. The Balaban J connectivity index is 0.00000121. The molecule has 7 nitrogen and oxygen atoms in total. The van der Waals surface area contributed by atoms with Crippen molar-refractivity contribution in [1.82, 2.24) is 15.3 Å². The Hall–Kier alpha value is -2.06. The number of aromatic nitrogens is 2. The fraction of sp³-hybridized carbons (Fsp3) is 0.294. The van der Waals surface area contributed by atoms with Crippen LogP contribution in [0, 0.1) is 0 Å². The molecule has 0 unspecified atom stereocenters. The van der Waals surface area contributed by atoms with Crippen LogP contribution in [-0.4, -0.2) is 41.2 Å². The predicted molar refractivity (Wildman–Crippen MR) is 104 cm³/mol. The number of carbonyl (C=O) groups is 1. The summed E-state index contributed by atoms with van der Waals surface area (Å²) in [5.74, 6) is 1.23. The topological polar surface area (TPSA) is 92.2 Å². The molecule has 2 atom stereocenters. The Labute approximate surface area is 162 Å². The van der Waals surface area contributed by atoms with Crippen LogP contribution in [0.1, 0.15) is 6.92 Å². The van der Waals surface area contributed by atoms with Gasteiger partial charge >= 0.3 is 0 Å². The summed E-state index contributed by atoms with van der Waals surface area (Å²) in [6.07, 6.45) is 1.45. The Morgan fingerprint density at radius 3 is 2.88 bits per heavy atom. The number of rotatable bonds is 3. The standard InChI is InChI=1S/C17H18N4O3.2ClH/c1-10-15(18-6-8-23-10)17(22)19-11-4-5-12-13(9-11)21-16(20-12)14-3-2-7-24-14;;/h2-5,7,9-10,15,18H,6,8H2,1H3,(H,19,22)(H,20,21);2*1H/t10-,15+;;/m1../s1. The van der Waals surface area contributed by atoms with Crippen molar-refractivity contribution in [2.45, 2.75) is 19.1 Å². The van der Waals surface area contributed by atoms with Crippen molar-refractivity contribution >= 4 is 47.4 Å². The summed E-state index contributed by atoms with van der Waals surface area (Å²) in [4.78, 5) is 20.1. The highest BCUT2D eigenvalue weighted by molar-refractivity contribution is 5.97. The highest BCUT2D eigenvalue weighted by Gasteiger charge is 2.28. The molecular weight excluding hydrogens is 379 g/mol. The lowest BCUT2D eigenvalue weighted by Gasteiger charge is -2.29. The highest BCUT2D eigenvalue weighted by Crippen LogP contribution is 2.23. The third-order valence-corrected chi connectivity index (χ3v) is 4.10. The van der Waals surface area contributed by atoms with E-state index in [1.165, 1.54) is 0 Å². The highest BCUT2D eigenvalue weighted by atomic mass is 35.5. The molecule has 2 aromatic heterocycles. The van der Waals surface area contributed by atoms with Crippen LogP contribution in [0.2, 0.25) is 0 Å². The number of ether oxygens (including phenoxy) is 1. The molecular formula is C17H20Cl2N4O3. The average molecular weight is 399 g/mol. The van der Waals surface area contributed by atoms with Gasteiger partial charge in [0.1, 0.15) is 6.04 Å². The van der Waals surface area contributed by atoms with Gasteiger partial charge in [-0.25, -0.2) is 4.98 Å². The van der Waals surface area contributed by atoms with Crippen molar-refractivity contribution in [2.75, 3.05) is 18.5 Å². The van der Waals surface area contributed by atoms with Crippen LogP contribution in [0.25, 0.3) is 22.6 Å². The number of benzene rings is 1. The number of halogens is 2.